The number of pyridine rings is 1. The van der Waals surface area contributed by atoms with Crippen LogP contribution in [0.4, 0.5) is 10.1 Å². The Morgan fingerprint density at radius 3 is 2.62 bits per heavy atom. The fraction of sp³-hybridized carbons (Fsp3) is 0.118. The highest BCUT2D eigenvalue weighted by Crippen LogP contribution is 2.13. The van der Waals surface area contributed by atoms with Gasteiger partial charge in [-0.1, -0.05) is 0 Å². The molecule has 0 spiro atoms. The lowest BCUT2D eigenvalue weighted by Crippen LogP contribution is -2.13. The Balaban J connectivity index is 1.59. The molecule has 6 nitrogen and oxygen atoms in total. The average molecular weight is 326 g/mol. The van der Waals surface area contributed by atoms with Crippen LogP contribution in [0.25, 0.3) is 0 Å². The largest absolute Gasteiger partial charge is 0.486 e. The van der Waals surface area contributed by atoms with Crippen molar-refractivity contribution in [3.8, 4) is 5.75 Å². The van der Waals surface area contributed by atoms with Crippen LogP contribution >= 0.6 is 0 Å². The summed E-state index contributed by atoms with van der Waals surface area (Å²) in [6.07, 6.45) is 3.31. The molecule has 0 saturated carbocycles. The second-order valence-electron chi connectivity index (χ2n) is 5.11. The van der Waals surface area contributed by atoms with Crippen molar-refractivity contribution in [3.63, 3.8) is 0 Å². The van der Waals surface area contributed by atoms with Crippen molar-refractivity contribution in [2.45, 2.75) is 6.61 Å². The molecule has 3 rings (SSSR count). The SMILES string of the molecule is Cn1ccc(COc2ccc(C(=O)Nc3ccc(F)cc3)nc2)n1. The predicted octanol–water partition coefficient (Wildman–Crippen LogP) is 2.79. The van der Waals surface area contributed by atoms with Gasteiger partial charge in [0.1, 0.15) is 23.9 Å². The summed E-state index contributed by atoms with van der Waals surface area (Å²) in [5, 5.41) is 6.85. The number of anilines is 1. The first kappa shape index (κ1) is 15.7. The van der Waals surface area contributed by atoms with Crippen molar-refractivity contribution < 1.29 is 13.9 Å². The number of aromatic nitrogens is 3. The van der Waals surface area contributed by atoms with Gasteiger partial charge >= 0.3 is 0 Å². The summed E-state index contributed by atoms with van der Waals surface area (Å²) >= 11 is 0. The Hall–Kier alpha value is -3.22. The molecule has 24 heavy (non-hydrogen) atoms. The molecule has 0 fully saturated rings. The Kier molecular flexibility index (Phi) is 4.51. The van der Waals surface area contributed by atoms with Crippen molar-refractivity contribution >= 4 is 11.6 Å². The molecule has 1 N–H and O–H groups in total. The Labute approximate surface area is 137 Å². The minimum Gasteiger partial charge on any atom is -0.486 e. The molecule has 0 atom stereocenters. The van der Waals surface area contributed by atoms with Gasteiger partial charge in [0.05, 0.1) is 11.9 Å². The van der Waals surface area contributed by atoms with E-state index in [2.05, 4.69) is 15.4 Å². The number of hydrogen-bond donors (Lipinski definition) is 1. The maximum atomic E-state index is 12.8. The smallest absolute Gasteiger partial charge is 0.274 e. The number of carbonyl (C=O) groups is 1. The lowest BCUT2D eigenvalue weighted by molar-refractivity contribution is 0.102. The summed E-state index contributed by atoms with van der Waals surface area (Å²) in [4.78, 5) is 16.1. The zero-order chi connectivity index (χ0) is 16.9. The standard InChI is InChI=1S/C17H15FN4O2/c1-22-9-8-14(21-22)11-24-15-6-7-16(19-10-15)17(23)20-13-4-2-12(18)3-5-13/h2-10H,11H2,1H3,(H,20,23). The molecule has 1 aromatic carbocycles. The molecule has 122 valence electrons. The van der Waals surface area contributed by atoms with E-state index in [1.54, 1.807) is 16.8 Å². The van der Waals surface area contributed by atoms with Gasteiger partial charge in [0.2, 0.25) is 0 Å². The van der Waals surface area contributed by atoms with Gasteiger partial charge in [-0.05, 0) is 42.5 Å². The first-order valence-electron chi connectivity index (χ1n) is 7.24. The van der Waals surface area contributed by atoms with Gasteiger partial charge in [0.15, 0.2) is 0 Å². The van der Waals surface area contributed by atoms with E-state index in [4.69, 9.17) is 4.74 Å². The summed E-state index contributed by atoms with van der Waals surface area (Å²) < 4.78 is 20.1. The van der Waals surface area contributed by atoms with E-state index in [9.17, 15) is 9.18 Å². The zero-order valence-corrected chi connectivity index (χ0v) is 12.9. The van der Waals surface area contributed by atoms with E-state index in [-0.39, 0.29) is 17.4 Å². The topological polar surface area (TPSA) is 69.0 Å². The highest BCUT2D eigenvalue weighted by molar-refractivity contribution is 6.02. The average Bonchev–Trinajstić information content (AvgIpc) is 3.01. The monoisotopic (exact) mass is 326 g/mol. The predicted molar refractivity (Wildman–Crippen MR) is 86.1 cm³/mol. The number of ether oxygens (including phenoxy) is 1. The number of hydrogen-bond acceptors (Lipinski definition) is 4. The van der Waals surface area contributed by atoms with E-state index in [1.807, 2.05) is 19.3 Å². The van der Waals surface area contributed by atoms with Crippen LogP contribution in [0.3, 0.4) is 0 Å². The summed E-state index contributed by atoms with van der Waals surface area (Å²) in [7, 11) is 1.83. The van der Waals surface area contributed by atoms with Crippen molar-refractivity contribution in [1.82, 2.24) is 14.8 Å². The van der Waals surface area contributed by atoms with Crippen LogP contribution in [0.5, 0.6) is 5.75 Å². The van der Waals surface area contributed by atoms with Crippen LogP contribution in [-0.4, -0.2) is 20.7 Å². The van der Waals surface area contributed by atoms with Crippen LogP contribution in [0.1, 0.15) is 16.2 Å². The van der Waals surface area contributed by atoms with Crippen LogP contribution in [0.15, 0.2) is 54.9 Å². The number of nitrogens with one attached hydrogen (secondary N) is 1. The molecule has 0 aliphatic heterocycles. The van der Waals surface area contributed by atoms with Gasteiger partial charge in [-0.15, -0.1) is 0 Å². The molecule has 0 saturated heterocycles. The molecule has 3 aromatic rings. The fourth-order valence-electron chi connectivity index (χ4n) is 2.03. The van der Waals surface area contributed by atoms with Gasteiger partial charge in [-0.25, -0.2) is 9.37 Å². The van der Waals surface area contributed by atoms with Crippen molar-refractivity contribution in [1.29, 1.82) is 0 Å². The molecule has 2 aromatic heterocycles. The van der Waals surface area contributed by atoms with Gasteiger partial charge < -0.3 is 10.1 Å². The number of aryl methyl sites for hydroxylation is 1. The number of nitrogens with zero attached hydrogens (tertiary/aromatic N) is 3. The summed E-state index contributed by atoms with van der Waals surface area (Å²) in [5.41, 5.74) is 1.54. The molecule has 0 radical (unpaired) electrons. The molecule has 0 bridgehead atoms. The van der Waals surface area contributed by atoms with Crippen molar-refractivity contribution in [3.05, 3.63) is 72.1 Å². The van der Waals surface area contributed by atoms with E-state index in [0.717, 1.165) is 5.69 Å². The van der Waals surface area contributed by atoms with E-state index in [0.29, 0.717) is 18.0 Å². The molecule has 0 aliphatic rings. The highest BCUT2D eigenvalue weighted by atomic mass is 19.1. The number of carbonyl (C=O) groups excluding carboxylic acids is 1. The Morgan fingerprint density at radius 2 is 2.00 bits per heavy atom. The Morgan fingerprint density at radius 1 is 1.21 bits per heavy atom. The molecule has 2 heterocycles. The summed E-state index contributed by atoms with van der Waals surface area (Å²) in [6, 6.07) is 10.6. The molecule has 7 heteroatoms. The quantitative estimate of drug-likeness (QED) is 0.783. The molecular weight excluding hydrogens is 311 g/mol. The summed E-state index contributed by atoms with van der Waals surface area (Å²) in [6.45, 7) is 0.323. The molecular formula is C17H15FN4O2. The maximum Gasteiger partial charge on any atom is 0.274 e. The van der Waals surface area contributed by atoms with E-state index < -0.39 is 0 Å². The summed E-state index contributed by atoms with van der Waals surface area (Å²) in [5.74, 6) is -0.197. The van der Waals surface area contributed by atoms with E-state index >= 15 is 0 Å². The Bertz CT molecular complexity index is 829. The lowest BCUT2D eigenvalue weighted by atomic mass is 10.3. The minimum absolute atomic E-state index is 0.240. The van der Waals surface area contributed by atoms with Gasteiger partial charge in [0.25, 0.3) is 5.91 Å². The number of rotatable bonds is 5. The van der Waals surface area contributed by atoms with Gasteiger partial charge in [0, 0.05) is 18.9 Å². The maximum absolute atomic E-state index is 12.8. The third-order valence-corrected chi connectivity index (χ3v) is 3.23. The number of halogens is 1. The lowest BCUT2D eigenvalue weighted by Gasteiger charge is -2.06. The van der Waals surface area contributed by atoms with Crippen molar-refractivity contribution in [2.24, 2.45) is 7.05 Å². The number of benzene rings is 1. The van der Waals surface area contributed by atoms with Crippen LogP contribution < -0.4 is 10.1 Å². The molecule has 0 unspecified atom stereocenters. The fourth-order valence-corrected chi connectivity index (χ4v) is 2.03. The van der Waals surface area contributed by atoms with Crippen LogP contribution in [-0.2, 0) is 13.7 Å². The van der Waals surface area contributed by atoms with Gasteiger partial charge in [-0.2, -0.15) is 5.10 Å². The zero-order valence-electron chi connectivity index (χ0n) is 12.9. The van der Waals surface area contributed by atoms with Crippen molar-refractivity contribution in [2.75, 3.05) is 5.32 Å². The normalized spacial score (nSPS) is 10.4. The number of amides is 1. The molecule has 1 amide bonds. The van der Waals surface area contributed by atoms with Crippen LogP contribution in [0, 0.1) is 5.82 Å². The highest BCUT2D eigenvalue weighted by Gasteiger charge is 2.08. The minimum atomic E-state index is -0.377. The van der Waals surface area contributed by atoms with Gasteiger partial charge in [-0.3, -0.25) is 9.48 Å². The third-order valence-electron chi connectivity index (χ3n) is 3.23. The third kappa shape index (κ3) is 3.95. The van der Waals surface area contributed by atoms with E-state index in [1.165, 1.54) is 30.5 Å². The first-order chi connectivity index (χ1) is 11.6. The second kappa shape index (κ2) is 6.91. The van der Waals surface area contributed by atoms with Crippen LogP contribution in [0.2, 0.25) is 0 Å². The second-order valence-corrected chi connectivity index (χ2v) is 5.11. The molecule has 0 aliphatic carbocycles. The first-order valence-corrected chi connectivity index (χ1v) is 7.24.